The van der Waals surface area contributed by atoms with Gasteiger partial charge in [0.25, 0.3) is 0 Å². The summed E-state index contributed by atoms with van der Waals surface area (Å²) in [5.41, 5.74) is 9.11. The normalized spacial score (nSPS) is 11.3. The molecule has 6 heteroatoms. The Morgan fingerprint density at radius 1 is 0.815 bits per heavy atom. The summed E-state index contributed by atoms with van der Waals surface area (Å²) in [4.78, 5) is 0. The molecule has 3 aromatic carbocycles. The van der Waals surface area contributed by atoms with Gasteiger partial charge in [-0.05, 0) is 34.9 Å². The number of hydrogen-bond donors (Lipinski definition) is 1. The first-order valence-electron chi connectivity index (χ1n) is 8.30. The molecule has 0 fully saturated rings. The van der Waals surface area contributed by atoms with Crippen LogP contribution >= 0.6 is 0 Å². The monoisotopic (exact) mass is 373 g/mol. The van der Waals surface area contributed by atoms with Gasteiger partial charge in [-0.15, -0.1) is 13.2 Å². The van der Waals surface area contributed by atoms with E-state index >= 15 is 0 Å². The van der Waals surface area contributed by atoms with E-state index in [1.54, 1.807) is 12.1 Å². The van der Waals surface area contributed by atoms with Crippen molar-refractivity contribution in [2.45, 2.75) is 19.5 Å². The van der Waals surface area contributed by atoms with E-state index in [0.717, 1.165) is 22.3 Å². The SMILES string of the molecule is NCc1ccc(-c2ccc(OC(F)(F)F)cc2)c(OCc2ccccc2)c1. The Morgan fingerprint density at radius 3 is 2.15 bits per heavy atom. The Hall–Kier alpha value is -2.99. The van der Waals surface area contributed by atoms with Crippen molar-refractivity contribution in [2.75, 3.05) is 0 Å². The van der Waals surface area contributed by atoms with Gasteiger partial charge in [0, 0.05) is 12.1 Å². The van der Waals surface area contributed by atoms with Crippen LogP contribution in [0.3, 0.4) is 0 Å². The van der Waals surface area contributed by atoms with Crippen LogP contribution in [0, 0.1) is 0 Å². The highest BCUT2D eigenvalue weighted by atomic mass is 19.4. The van der Waals surface area contributed by atoms with Crippen molar-refractivity contribution in [3.63, 3.8) is 0 Å². The van der Waals surface area contributed by atoms with Crippen LogP contribution in [0.4, 0.5) is 13.2 Å². The van der Waals surface area contributed by atoms with Crippen molar-refractivity contribution in [1.82, 2.24) is 0 Å². The van der Waals surface area contributed by atoms with Crippen molar-refractivity contribution < 1.29 is 22.6 Å². The highest BCUT2D eigenvalue weighted by Gasteiger charge is 2.31. The van der Waals surface area contributed by atoms with E-state index in [4.69, 9.17) is 10.5 Å². The van der Waals surface area contributed by atoms with Crippen LogP contribution in [0.25, 0.3) is 11.1 Å². The number of rotatable bonds is 6. The minimum absolute atomic E-state index is 0.267. The summed E-state index contributed by atoms with van der Waals surface area (Å²) in [6.45, 7) is 0.734. The Morgan fingerprint density at radius 2 is 1.52 bits per heavy atom. The maximum Gasteiger partial charge on any atom is 0.573 e. The molecule has 0 atom stereocenters. The van der Waals surface area contributed by atoms with E-state index in [1.807, 2.05) is 48.5 Å². The molecular weight excluding hydrogens is 355 g/mol. The molecule has 0 radical (unpaired) electrons. The van der Waals surface area contributed by atoms with Crippen LogP contribution in [0.5, 0.6) is 11.5 Å². The quantitative estimate of drug-likeness (QED) is 0.639. The van der Waals surface area contributed by atoms with Crippen molar-refractivity contribution >= 4 is 0 Å². The van der Waals surface area contributed by atoms with Crippen molar-refractivity contribution in [2.24, 2.45) is 5.73 Å². The van der Waals surface area contributed by atoms with Gasteiger partial charge in [0.1, 0.15) is 18.1 Å². The molecule has 0 heterocycles. The second-order valence-electron chi connectivity index (χ2n) is 5.88. The topological polar surface area (TPSA) is 44.5 Å². The minimum atomic E-state index is -4.71. The average Bonchev–Trinajstić information content (AvgIpc) is 2.66. The van der Waals surface area contributed by atoms with Crippen molar-refractivity contribution in [3.05, 3.63) is 83.9 Å². The Kier molecular flexibility index (Phi) is 5.66. The third-order valence-electron chi connectivity index (χ3n) is 3.92. The highest BCUT2D eigenvalue weighted by molar-refractivity contribution is 5.71. The lowest BCUT2D eigenvalue weighted by Crippen LogP contribution is -2.16. The maximum absolute atomic E-state index is 12.3. The number of ether oxygens (including phenoxy) is 2. The molecule has 0 aliphatic rings. The number of alkyl halides is 3. The molecular formula is C21H18F3NO2. The van der Waals surface area contributed by atoms with Gasteiger partial charge >= 0.3 is 6.36 Å². The second-order valence-corrected chi connectivity index (χ2v) is 5.88. The van der Waals surface area contributed by atoms with Crippen LogP contribution in [-0.2, 0) is 13.2 Å². The number of halogens is 3. The lowest BCUT2D eigenvalue weighted by atomic mass is 10.0. The summed E-state index contributed by atoms with van der Waals surface area (Å²) < 4.78 is 46.8. The Balaban J connectivity index is 1.85. The van der Waals surface area contributed by atoms with Gasteiger partial charge in [0.05, 0.1) is 0 Å². The van der Waals surface area contributed by atoms with Gasteiger partial charge in [-0.3, -0.25) is 0 Å². The van der Waals surface area contributed by atoms with E-state index in [2.05, 4.69) is 4.74 Å². The molecule has 140 valence electrons. The molecule has 3 aromatic rings. The zero-order chi connectivity index (χ0) is 19.3. The Bertz CT molecular complexity index is 878. The summed E-state index contributed by atoms with van der Waals surface area (Å²) >= 11 is 0. The molecule has 0 aliphatic heterocycles. The number of nitrogens with two attached hydrogens (primary N) is 1. The highest BCUT2D eigenvalue weighted by Crippen LogP contribution is 2.33. The van der Waals surface area contributed by atoms with Crippen molar-refractivity contribution in [3.8, 4) is 22.6 Å². The molecule has 0 amide bonds. The van der Waals surface area contributed by atoms with Crippen LogP contribution in [0.1, 0.15) is 11.1 Å². The fourth-order valence-electron chi connectivity index (χ4n) is 2.62. The summed E-state index contributed by atoms with van der Waals surface area (Å²) in [6, 6.07) is 20.9. The molecule has 0 unspecified atom stereocenters. The second kappa shape index (κ2) is 8.14. The van der Waals surface area contributed by atoms with Crippen LogP contribution in [-0.4, -0.2) is 6.36 Å². The molecule has 2 N–H and O–H groups in total. The predicted octanol–water partition coefficient (Wildman–Crippen LogP) is 5.29. The number of benzene rings is 3. The molecule has 3 nitrogen and oxygen atoms in total. The van der Waals surface area contributed by atoms with Crippen LogP contribution in [0.2, 0.25) is 0 Å². The molecule has 0 aliphatic carbocycles. The van der Waals surface area contributed by atoms with Gasteiger partial charge in [0.2, 0.25) is 0 Å². The van der Waals surface area contributed by atoms with E-state index in [1.165, 1.54) is 12.1 Å². The minimum Gasteiger partial charge on any atom is -0.488 e. The van der Waals surface area contributed by atoms with Gasteiger partial charge in [-0.25, -0.2) is 0 Å². The smallest absolute Gasteiger partial charge is 0.488 e. The standard InChI is InChI=1S/C21H18F3NO2/c22-21(23,24)27-18-9-7-17(8-10-18)19-11-6-16(13-25)12-20(19)26-14-15-4-2-1-3-5-15/h1-12H,13-14,25H2. The molecule has 0 aromatic heterocycles. The first-order valence-corrected chi connectivity index (χ1v) is 8.30. The van der Waals surface area contributed by atoms with Gasteiger partial charge in [0.15, 0.2) is 0 Å². The van der Waals surface area contributed by atoms with Crippen molar-refractivity contribution in [1.29, 1.82) is 0 Å². The third kappa shape index (κ3) is 5.24. The number of hydrogen-bond acceptors (Lipinski definition) is 3. The summed E-state index contributed by atoms with van der Waals surface area (Å²) in [5, 5.41) is 0. The van der Waals surface area contributed by atoms with Crippen LogP contribution in [0.15, 0.2) is 72.8 Å². The molecule has 0 bridgehead atoms. The maximum atomic E-state index is 12.3. The van der Waals surface area contributed by atoms with Gasteiger partial charge in [-0.2, -0.15) is 0 Å². The molecule has 0 saturated heterocycles. The third-order valence-corrected chi connectivity index (χ3v) is 3.92. The summed E-state index contributed by atoms with van der Waals surface area (Å²) in [5.74, 6) is 0.350. The summed E-state index contributed by atoms with van der Waals surface area (Å²) in [6.07, 6.45) is -4.71. The first kappa shape index (κ1) is 18.8. The average molecular weight is 373 g/mol. The van der Waals surface area contributed by atoms with Gasteiger partial charge < -0.3 is 15.2 Å². The summed E-state index contributed by atoms with van der Waals surface area (Å²) in [7, 11) is 0. The molecule has 3 rings (SSSR count). The van der Waals surface area contributed by atoms with Gasteiger partial charge in [-0.1, -0.05) is 54.6 Å². The fraction of sp³-hybridized carbons (Fsp3) is 0.143. The zero-order valence-corrected chi connectivity index (χ0v) is 14.4. The Labute approximate surface area is 155 Å². The zero-order valence-electron chi connectivity index (χ0n) is 14.4. The lowest BCUT2D eigenvalue weighted by Gasteiger charge is -2.14. The van der Waals surface area contributed by atoms with E-state index in [9.17, 15) is 13.2 Å². The molecule has 27 heavy (non-hydrogen) atoms. The van der Waals surface area contributed by atoms with E-state index < -0.39 is 6.36 Å². The van der Waals surface area contributed by atoms with E-state index in [0.29, 0.717) is 18.9 Å². The fourth-order valence-corrected chi connectivity index (χ4v) is 2.62. The molecule has 0 saturated carbocycles. The van der Waals surface area contributed by atoms with Crippen LogP contribution < -0.4 is 15.2 Å². The predicted molar refractivity (Wildman–Crippen MR) is 97.2 cm³/mol. The lowest BCUT2D eigenvalue weighted by molar-refractivity contribution is -0.274. The first-order chi connectivity index (χ1) is 12.9. The molecule has 0 spiro atoms. The largest absolute Gasteiger partial charge is 0.573 e. The van der Waals surface area contributed by atoms with E-state index in [-0.39, 0.29) is 5.75 Å².